The van der Waals surface area contributed by atoms with E-state index in [-0.39, 0.29) is 5.91 Å². The quantitative estimate of drug-likeness (QED) is 0.197. The molecule has 0 unspecified atom stereocenters. The molecule has 0 spiro atoms. The van der Waals surface area contributed by atoms with Crippen LogP contribution in [-0.4, -0.2) is 54.9 Å². The molecule has 8 nitrogen and oxygen atoms in total. The first kappa shape index (κ1) is 28.6. The van der Waals surface area contributed by atoms with Gasteiger partial charge in [-0.15, -0.1) is 10.2 Å². The SMILES string of the molecule is CCN(Cc1ccnc(NC)n1)C(=O)CCCCCCSc1nnc(CC(C)C)n1Cc1ccccc1. The molecule has 1 aromatic carbocycles. The summed E-state index contributed by atoms with van der Waals surface area (Å²) in [6, 6.07) is 12.4. The maximum atomic E-state index is 12.7. The number of nitrogens with zero attached hydrogens (tertiary/aromatic N) is 6. The van der Waals surface area contributed by atoms with Crippen LogP contribution in [0.25, 0.3) is 0 Å². The maximum absolute atomic E-state index is 12.7. The van der Waals surface area contributed by atoms with E-state index in [9.17, 15) is 4.79 Å². The first-order valence-corrected chi connectivity index (χ1v) is 14.3. The minimum absolute atomic E-state index is 0.188. The van der Waals surface area contributed by atoms with Crippen molar-refractivity contribution in [2.45, 2.75) is 77.5 Å². The molecular formula is C28H41N7OS. The monoisotopic (exact) mass is 523 g/mol. The highest BCUT2D eigenvalue weighted by Crippen LogP contribution is 2.22. The van der Waals surface area contributed by atoms with E-state index < -0.39 is 0 Å². The number of unbranched alkanes of at least 4 members (excludes halogenated alkanes) is 3. The number of aromatic nitrogens is 5. The van der Waals surface area contributed by atoms with Gasteiger partial charge in [-0.3, -0.25) is 4.79 Å². The lowest BCUT2D eigenvalue weighted by Crippen LogP contribution is -2.30. The summed E-state index contributed by atoms with van der Waals surface area (Å²) in [5.74, 6) is 3.37. The fourth-order valence-corrected chi connectivity index (χ4v) is 5.05. The molecule has 3 aromatic rings. The molecule has 1 N–H and O–H groups in total. The van der Waals surface area contributed by atoms with Crippen molar-refractivity contribution in [3.8, 4) is 0 Å². The van der Waals surface area contributed by atoms with Crippen LogP contribution in [0.1, 0.15) is 70.0 Å². The topological polar surface area (TPSA) is 88.8 Å². The third-order valence-electron chi connectivity index (χ3n) is 6.11. The van der Waals surface area contributed by atoms with Crippen LogP contribution < -0.4 is 5.32 Å². The number of benzene rings is 1. The van der Waals surface area contributed by atoms with Gasteiger partial charge in [0.15, 0.2) is 5.16 Å². The smallest absolute Gasteiger partial charge is 0.222 e. The average molecular weight is 524 g/mol. The van der Waals surface area contributed by atoms with Gasteiger partial charge in [0.2, 0.25) is 11.9 Å². The number of rotatable bonds is 16. The summed E-state index contributed by atoms with van der Waals surface area (Å²) in [5.41, 5.74) is 2.12. The summed E-state index contributed by atoms with van der Waals surface area (Å²) < 4.78 is 2.27. The molecule has 0 fully saturated rings. The van der Waals surface area contributed by atoms with Crippen LogP contribution in [0.2, 0.25) is 0 Å². The largest absolute Gasteiger partial charge is 0.357 e. The lowest BCUT2D eigenvalue weighted by atomic mass is 10.1. The second-order valence-electron chi connectivity index (χ2n) is 9.61. The minimum Gasteiger partial charge on any atom is -0.357 e. The van der Waals surface area contributed by atoms with Gasteiger partial charge >= 0.3 is 0 Å². The van der Waals surface area contributed by atoms with E-state index in [0.29, 0.717) is 31.4 Å². The van der Waals surface area contributed by atoms with Gasteiger partial charge in [-0.05, 0) is 37.3 Å². The number of hydrogen-bond acceptors (Lipinski definition) is 7. The molecule has 37 heavy (non-hydrogen) atoms. The molecule has 0 bridgehead atoms. The van der Waals surface area contributed by atoms with Crippen molar-refractivity contribution in [1.82, 2.24) is 29.6 Å². The van der Waals surface area contributed by atoms with Gasteiger partial charge in [0.05, 0.1) is 18.8 Å². The van der Waals surface area contributed by atoms with Gasteiger partial charge in [0, 0.05) is 38.4 Å². The fraction of sp³-hybridized carbons (Fsp3) is 0.536. The summed E-state index contributed by atoms with van der Waals surface area (Å²) in [5, 5.41) is 13.0. The van der Waals surface area contributed by atoms with Crippen molar-refractivity contribution in [3.63, 3.8) is 0 Å². The van der Waals surface area contributed by atoms with E-state index in [1.54, 1.807) is 25.0 Å². The highest BCUT2D eigenvalue weighted by Gasteiger charge is 2.15. The normalized spacial score (nSPS) is 11.2. The predicted octanol–water partition coefficient (Wildman–Crippen LogP) is 5.45. The Morgan fingerprint density at radius 3 is 2.59 bits per heavy atom. The molecule has 3 rings (SSSR count). The van der Waals surface area contributed by atoms with Crippen LogP contribution in [0, 0.1) is 5.92 Å². The van der Waals surface area contributed by atoms with E-state index in [1.807, 2.05) is 24.0 Å². The van der Waals surface area contributed by atoms with E-state index in [1.165, 1.54) is 5.56 Å². The average Bonchev–Trinajstić information content (AvgIpc) is 3.27. The lowest BCUT2D eigenvalue weighted by Gasteiger charge is -2.20. The van der Waals surface area contributed by atoms with Crippen molar-refractivity contribution < 1.29 is 4.79 Å². The van der Waals surface area contributed by atoms with Crippen molar-refractivity contribution in [2.75, 3.05) is 24.7 Å². The molecule has 0 saturated carbocycles. The Morgan fingerprint density at radius 2 is 1.86 bits per heavy atom. The van der Waals surface area contributed by atoms with Gasteiger partial charge in [-0.1, -0.05) is 68.8 Å². The zero-order valence-electron chi connectivity index (χ0n) is 22.7. The van der Waals surface area contributed by atoms with Crippen molar-refractivity contribution in [1.29, 1.82) is 0 Å². The van der Waals surface area contributed by atoms with Crippen molar-refractivity contribution in [3.05, 3.63) is 59.7 Å². The summed E-state index contributed by atoms with van der Waals surface area (Å²) >= 11 is 1.79. The zero-order valence-corrected chi connectivity index (χ0v) is 23.5. The number of amides is 1. The molecule has 0 aliphatic rings. The molecule has 9 heteroatoms. The molecule has 0 radical (unpaired) electrons. The number of carbonyl (C=O) groups is 1. The Bertz CT molecular complexity index is 1090. The summed E-state index contributed by atoms with van der Waals surface area (Å²) in [4.78, 5) is 23.2. The highest BCUT2D eigenvalue weighted by molar-refractivity contribution is 7.99. The minimum atomic E-state index is 0.188. The molecule has 200 valence electrons. The van der Waals surface area contributed by atoms with Gasteiger partial charge in [-0.2, -0.15) is 0 Å². The van der Waals surface area contributed by atoms with Crippen molar-refractivity contribution in [2.24, 2.45) is 5.92 Å². The fourth-order valence-electron chi connectivity index (χ4n) is 4.10. The second-order valence-corrected chi connectivity index (χ2v) is 10.7. The highest BCUT2D eigenvalue weighted by atomic mass is 32.2. The van der Waals surface area contributed by atoms with Crippen LogP contribution in [-0.2, 0) is 24.3 Å². The molecule has 0 atom stereocenters. The zero-order chi connectivity index (χ0) is 26.5. The number of anilines is 1. The van der Waals surface area contributed by atoms with Crippen LogP contribution in [0.15, 0.2) is 47.8 Å². The van der Waals surface area contributed by atoms with Gasteiger partial charge in [-0.25, -0.2) is 9.97 Å². The van der Waals surface area contributed by atoms with Crippen molar-refractivity contribution >= 4 is 23.6 Å². The summed E-state index contributed by atoms with van der Waals surface area (Å²) in [6.07, 6.45) is 7.40. The van der Waals surface area contributed by atoms with E-state index >= 15 is 0 Å². The summed E-state index contributed by atoms with van der Waals surface area (Å²) in [7, 11) is 1.79. The van der Waals surface area contributed by atoms with Crippen LogP contribution in [0.5, 0.6) is 0 Å². The Morgan fingerprint density at radius 1 is 1.08 bits per heavy atom. The predicted molar refractivity (Wildman–Crippen MR) is 151 cm³/mol. The number of thioether (sulfide) groups is 1. The molecule has 0 saturated heterocycles. The van der Waals surface area contributed by atoms with Gasteiger partial charge in [0.1, 0.15) is 5.82 Å². The standard InChI is InChI=1S/C28H41N7OS/c1-5-34(21-24-16-17-30-27(29-4)31-24)26(36)15-11-6-7-12-18-37-28-33-32-25(19-22(2)3)35(28)20-23-13-9-8-10-14-23/h8-10,13-14,16-17,22H,5-7,11-12,15,18-21H2,1-4H3,(H,29,30,31). The Hall–Kier alpha value is -2.94. The first-order valence-electron chi connectivity index (χ1n) is 13.4. The molecule has 1 amide bonds. The van der Waals surface area contributed by atoms with Gasteiger partial charge in [0.25, 0.3) is 0 Å². The number of nitrogens with one attached hydrogen (secondary N) is 1. The molecule has 2 heterocycles. The van der Waals surface area contributed by atoms with E-state index in [2.05, 4.69) is 68.2 Å². The van der Waals surface area contributed by atoms with Crippen LogP contribution in [0.3, 0.4) is 0 Å². The van der Waals surface area contributed by atoms with Gasteiger partial charge < -0.3 is 14.8 Å². The van der Waals surface area contributed by atoms with Crippen LogP contribution >= 0.6 is 11.8 Å². The number of hydrogen-bond donors (Lipinski definition) is 1. The van der Waals surface area contributed by atoms with Crippen LogP contribution in [0.4, 0.5) is 5.95 Å². The Kier molecular flexibility index (Phi) is 11.9. The third-order valence-corrected chi connectivity index (χ3v) is 7.16. The lowest BCUT2D eigenvalue weighted by molar-refractivity contribution is -0.131. The molecular weight excluding hydrogens is 482 g/mol. The third kappa shape index (κ3) is 9.46. The molecule has 0 aliphatic heterocycles. The Balaban J connectivity index is 1.40. The number of carbonyl (C=O) groups excluding carboxylic acids is 1. The first-order chi connectivity index (χ1) is 18.0. The molecule has 2 aromatic heterocycles. The van der Waals surface area contributed by atoms with E-state index in [4.69, 9.17) is 0 Å². The second kappa shape index (κ2) is 15.3. The Labute approximate surface area is 225 Å². The maximum Gasteiger partial charge on any atom is 0.222 e. The van der Waals surface area contributed by atoms with E-state index in [0.717, 1.165) is 61.1 Å². The summed E-state index contributed by atoms with van der Waals surface area (Å²) in [6.45, 7) is 8.45. The molecule has 0 aliphatic carbocycles.